The third-order valence-electron chi connectivity index (χ3n) is 4.54. The number of benzene rings is 1. The largest absolute Gasteiger partial charge is 0.331 e. The fourth-order valence-electron chi connectivity index (χ4n) is 3.10. The maximum absolute atomic E-state index is 12.7. The van der Waals surface area contributed by atoms with E-state index in [9.17, 15) is 9.59 Å². The van der Waals surface area contributed by atoms with E-state index >= 15 is 0 Å². The first-order chi connectivity index (χ1) is 10.5. The van der Waals surface area contributed by atoms with Crippen molar-refractivity contribution in [3.05, 3.63) is 44.6 Å². The lowest BCUT2D eigenvalue weighted by molar-refractivity contribution is 0.393. The zero-order valence-electron chi connectivity index (χ0n) is 14.1. The van der Waals surface area contributed by atoms with E-state index in [0.717, 1.165) is 31.2 Å². The topological polar surface area (TPSA) is 44.0 Å². The van der Waals surface area contributed by atoms with Crippen molar-refractivity contribution in [2.45, 2.75) is 53.0 Å². The van der Waals surface area contributed by atoms with Crippen LogP contribution < -0.4 is 11.2 Å². The maximum atomic E-state index is 12.7. The molecule has 0 saturated heterocycles. The van der Waals surface area contributed by atoms with Gasteiger partial charge in [0.1, 0.15) is 0 Å². The SMILES string of the molecule is CCCC(CC)CCn1c(=O)c2cc(C)ccc2n(C)c1=O. The molecule has 1 aromatic heterocycles. The summed E-state index contributed by atoms with van der Waals surface area (Å²) in [5.74, 6) is 0.579. The summed E-state index contributed by atoms with van der Waals surface area (Å²) in [5.41, 5.74) is 1.37. The second-order valence-corrected chi connectivity index (χ2v) is 6.17. The molecular weight excluding hydrogens is 276 g/mol. The highest BCUT2D eigenvalue weighted by Crippen LogP contribution is 2.16. The van der Waals surface area contributed by atoms with Gasteiger partial charge in [-0.1, -0.05) is 44.7 Å². The molecule has 2 aromatic rings. The molecular formula is C18H26N2O2. The highest BCUT2D eigenvalue weighted by Gasteiger charge is 2.13. The summed E-state index contributed by atoms with van der Waals surface area (Å²) in [4.78, 5) is 25.1. The predicted molar refractivity (Wildman–Crippen MR) is 91.5 cm³/mol. The smallest absolute Gasteiger partial charge is 0.296 e. The molecule has 1 heterocycles. The summed E-state index contributed by atoms with van der Waals surface area (Å²) in [6, 6.07) is 5.65. The Balaban J connectivity index is 2.46. The van der Waals surface area contributed by atoms with E-state index in [0.29, 0.717) is 23.4 Å². The van der Waals surface area contributed by atoms with Crippen LogP contribution in [0.4, 0.5) is 0 Å². The molecule has 1 atom stereocenters. The van der Waals surface area contributed by atoms with E-state index in [2.05, 4.69) is 13.8 Å². The van der Waals surface area contributed by atoms with Gasteiger partial charge in [0, 0.05) is 13.6 Å². The number of hydrogen-bond acceptors (Lipinski definition) is 2. The zero-order chi connectivity index (χ0) is 16.3. The standard InChI is InChI=1S/C18H26N2O2/c1-5-7-14(6-2)10-11-20-17(21)15-12-13(3)8-9-16(15)19(4)18(20)22/h8-9,12,14H,5-7,10-11H2,1-4H3. The Hall–Kier alpha value is -1.84. The van der Waals surface area contributed by atoms with Gasteiger partial charge in [0.2, 0.25) is 0 Å². The zero-order valence-corrected chi connectivity index (χ0v) is 14.1. The Kier molecular flexibility index (Phi) is 5.22. The van der Waals surface area contributed by atoms with Gasteiger partial charge in [0.05, 0.1) is 10.9 Å². The molecule has 0 bridgehead atoms. The van der Waals surface area contributed by atoms with Crippen molar-refractivity contribution < 1.29 is 0 Å². The lowest BCUT2D eigenvalue weighted by atomic mass is 9.97. The number of rotatable bonds is 6. The van der Waals surface area contributed by atoms with Gasteiger partial charge in [-0.2, -0.15) is 0 Å². The van der Waals surface area contributed by atoms with Crippen LogP contribution in [0.2, 0.25) is 0 Å². The van der Waals surface area contributed by atoms with Gasteiger partial charge in [-0.3, -0.25) is 13.9 Å². The van der Waals surface area contributed by atoms with Gasteiger partial charge < -0.3 is 0 Å². The Morgan fingerprint density at radius 2 is 1.86 bits per heavy atom. The van der Waals surface area contributed by atoms with Crippen LogP contribution >= 0.6 is 0 Å². The monoisotopic (exact) mass is 302 g/mol. The summed E-state index contributed by atoms with van der Waals surface area (Å²) >= 11 is 0. The minimum absolute atomic E-state index is 0.159. The minimum atomic E-state index is -0.215. The molecule has 0 aliphatic heterocycles. The van der Waals surface area contributed by atoms with Crippen molar-refractivity contribution in [1.82, 2.24) is 9.13 Å². The van der Waals surface area contributed by atoms with Crippen LogP contribution in [0.3, 0.4) is 0 Å². The molecule has 0 fully saturated rings. The van der Waals surface area contributed by atoms with Gasteiger partial charge in [0.15, 0.2) is 0 Å². The second kappa shape index (κ2) is 6.95. The number of fused-ring (bicyclic) bond motifs is 1. The minimum Gasteiger partial charge on any atom is -0.296 e. The average Bonchev–Trinajstić information content (AvgIpc) is 2.51. The van der Waals surface area contributed by atoms with Crippen LogP contribution in [0.15, 0.2) is 27.8 Å². The first-order valence-electron chi connectivity index (χ1n) is 8.19. The molecule has 1 unspecified atom stereocenters. The molecule has 4 heteroatoms. The molecule has 0 amide bonds. The van der Waals surface area contributed by atoms with Crippen LogP contribution in [0, 0.1) is 12.8 Å². The fourth-order valence-corrected chi connectivity index (χ4v) is 3.10. The first kappa shape index (κ1) is 16.5. The molecule has 120 valence electrons. The van der Waals surface area contributed by atoms with Crippen molar-refractivity contribution in [3.8, 4) is 0 Å². The van der Waals surface area contributed by atoms with Crippen molar-refractivity contribution >= 4 is 10.9 Å². The molecule has 0 aliphatic carbocycles. The first-order valence-corrected chi connectivity index (χ1v) is 8.19. The maximum Gasteiger partial charge on any atom is 0.331 e. The third kappa shape index (κ3) is 3.16. The van der Waals surface area contributed by atoms with E-state index in [4.69, 9.17) is 0 Å². The molecule has 1 aromatic carbocycles. The summed E-state index contributed by atoms with van der Waals surface area (Å²) < 4.78 is 2.98. The van der Waals surface area contributed by atoms with Crippen molar-refractivity contribution in [3.63, 3.8) is 0 Å². The molecule has 0 spiro atoms. The van der Waals surface area contributed by atoms with Crippen molar-refractivity contribution in [1.29, 1.82) is 0 Å². The molecule has 2 rings (SSSR count). The predicted octanol–water partition coefficient (Wildman–Crippen LogP) is 3.23. The highest BCUT2D eigenvalue weighted by atomic mass is 16.2. The molecule has 0 aliphatic rings. The van der Waals surface area contributed by atoms with Gasteiger partial charge in [-0.05, 0) is 31.4 Å². The van der Waals surface area contributed by atoms with Crippen LogP contribution in [0.25, 0.3) is 10.9 Å². The quantitative estimate of drug-likeness (QED) is 0.822. The Morgan fingerprint density at radius 3 is 2.50 bits per heavy atom. The third-order valence-corrected chi connectivity index (χ3v) is 4.54. The van der Waals surface area contributed by atoms with Crippen LogP contribution in [0.1, 0.15) is 45.1 Å². The molecule has 0 radical (unpaired) electrons. The van der Waals surface area contributed by atoms with Gasteiger partial charge in [-0.15, -0.1) is 0 Å². The van der Waals surface area contributed by atoms with Crippen molar-refractivity contribution in [2.75, 3.05) is 0 Å². The molecule has 0 saturated carbocycles. The molecule has 0 N–H and O–H groups in total. The van der Waals surface area contributed by atoms with Crippen molar-refractivity contribution in [2.24, 2.45) is 13.0 Å². The lowest BCUT2D eigenvalue weighted by Crippen LogP contribution is -2.39. The van der Waals surface area contributed by atoms with E-state index in [1.807, 2.05) is 25.1 Å². The second-order valence-electron chi connectivity index (χ2n) is 6.17. The lowest BCUT2D eigenvalue weighted by Gasteiger charge is -2.15. The number of nitrogens with zero attached hydrogens (tertiary/aromatic N) is 2. The van der Waals surface area contributed by atoms with E-state index < -0.39 is 0 Å². The number of hydrogen-bond donors (Lipinski definition) is 0. The number of aryl methyl sites for hydroxylation is 2. The van der Waals surface area contributed by atoms with E-state index in [-0.39, 0.29) is 11.2 Å². The van der Waals surface area contributed by atoms with Gasteiger partial charge in [0.25, 0.3) is 5.56 Å². The summed E-state index contributed by atoms with van der Waals surface area (Å²) in [7, 11) is 1.74. The van der Waals surface area contributed by atoms with E-state index in [1.165, 1.54) is 4.57 Å². The van der Waals surface area contributed by atoms with Crippen LogP contribution in [0.5, 0.6) is 0 Å². The summed E-state index contributed by atoms with van der Waals surface area (Å²) in [6.07, 6.45) is 4.27. The van der Waals surface area contributed by atoms with Crippen LogP contribution in [-0.2, 0) is 13.6 Å². The fraction of sp³-hybridized carbons (Fsp3) is 0.556. The Labute approximate surface area is 131 Å². The normalized spacial score (nSPS) is 12.7. The van der Waals surface area contributed by atoms with Gasteiger partial charge >= 0.3 is 5.69 Å². The number of aromatic nitrogens is 2. The molecule has 22 heavy (non-hydrogen) atoms. The molecule has 4 nitrogen and oxygen atoms in total. The Bertz CT molecular complexity index is 771. The Morgan fingerprint density at radius 1 is 1.14 bits per heavy atom. The van der Waals surface area contributed by atoms with E-state index in [1.54, 1.807) is 11.6 Å². The van der Waals surface area contributed by atoms with Crippen LogP contribution in [-0.4, -0.2) is 9.13 Å². The van der Waals surface area contributed by atoms with Gasteiger partial charge in [-0.25, -0.2) is 4.79 Å². The summed E-state index contributed by atoms with van der Waals surface area (Å²) in [6.45, 7) is 6.81. The average molecular weight is 302 g/mol. The highest BCUT2D eigenvalue weighted by molar-refractivity contribution is 5.78. The summed E-state index contributed by atoms with van der Waals surface area (Å²) in [5, 5.41) is 0.630.